The van der Waals surface area contributed by atoms with Crippen molar-refractivity contribution >= 4 is 28.9 Å². The van der Waals surface area contributed by atoms with Gasteiger partial charge in [-0.25, -0.2) is 9.96 Å². The van der Waals surface area contributed by atoms with E-state index in [0.29, 0.717) is 17.1 Å². The number of nitrogens with zero attached hydrogens (tertiary/aromatic N) is 3. The monoisotopic (exact) mass is 505 g/mol. The number of nitro groups is 1. The van der Waals surface area contributed by atoms with Crippen molar-refractivity contribution in [2.24, 2.45) is 5.92 Å². The summed E-state index contributed by atoms with van der Waals surface area (Å²) in [6, 6.07) is 17.0. The molecule has 0 spiro atoms. The number of ether oxygens (including phenoxy) is 3. The van der Waals surface area contributed by atoms with E-state index in [4.69, 9.17) is 19.0 Å². The highest BCUT2D eigenvalue weighted by Gasteiger charge is 2.61. The molecule has 2 aliphatic rings. The maximum absolute atomic E-state index is 13.8. The van der Waals surface area contributed by atoms with Gasteiger partial charge >= 0.3 is 0 Å². The van der Waals surface area contributed by atoms with E-state index in [9.17, 15) is 19.7 Å². The minimum absolute atomic E-state index is 0.146. The van der Waals surface area contributed by atoms with Crippen LogP contribution >= 0.6 is 0 Å². The van der Waals surface area contributed by atoms with Crippen molar-refractivity contribution in [1.82, 2.24) is 0 Å². The Labute approximate surface area is 211 Å². The minimum atomic E-state index is -1.20. The van der Waals surface area contributed by atoms with E-state index < -0.39 is 34.8 Å². The minimum Gasteiger partial charge on any atom is -0.497 e. The van der Waals surface area contributed by atoms with E-state index in [2.05, 4.69) is 0 Å². The molecule has 0 saturated carbocycles. The molecular weight excluding hydrogens is 482 g/mol. The van der Waals surface area contributed by atoms with Crippen molar-refractivity contribution in [1.29, 1.82) is 0 Å². The first-order valence-electron chi connectivity index (χ1n) is 11.3. The highest BCUT2D eigenvalue weighted by Crippen LogP contribution is 2.51. The summed E-state index contributed by atoms with van der Waals surface area (Å²) in [6.45, 7) is 0. The molecule has 0 N–H and O–H groups in total. The smallest absolute Gasteiger partial charge is 0.278 e. The van der Waals surface area contributed by atoms with Gasteiger partial charge in [0.15, 0.2) is 17.6 Å². The second-order valence-electron chi connectivity index (χ2n) is 8.39. The van der Waals surface area contributed by atoms with E-state index in [0.717, 1.165) is 4.90 Å². The van der Waals surface area contributed by atoms with Gasteiger partial charge in [-0.15, -0.1) is 0 Å². The fraction of sp³-hybridized carbons (Fsp3) is 0.231. The van der Waals surface area contributed by atoms with Crippen molar-refractivity contribution in [3.05, 3.63) is 82.4 Å². The third-order valence-corrected chi connectivity index (χ3v) is 6.49. The maximum Gasteiger partial charge on any atom is 0.278 e. The van der Waals surface area contributed by atoms with Crippen LogP contribution in [-0.2, 0) is 14.4 Å². The lowest BCUT2D eigenvalue weighted by Gasteiger charge is -2.29. The first kappa shape index (κ1) is 24.1. The number of anilines is 2. The molecule has 3 atom stereocenters. The average molecular weight is 505 g/mol. The molecule has 11 heteroatoms. The summed E-state index contributed by atoms with van der Waals surface area (Å²) < 4.78 is 15.9. The quantitative estimate of drug-likeness (QED) is 0.269. The van der Waals surface area contributed by atoms with E-state index >= 15 is 0 Å². The number of hydroxylamine groups is 1. The van der Waals surface area contributed by atoms with Crippen LogP contribution in [0, 0.1) is 16.0 Å². The van der Waals surface area contributed by atoms with Gasteiger partial charge in [0, 0.05) is 6.07 Å². The predicted molar refractivity (Wildman–Crippen MR) is 132 cm³/mol. The zero-order chi connectivity index (χ0) is 26.3. The topological polar surface area (TPSA) is 121 Å². The molecule has 2 saturated heterocycles. The zero-order valence-corrected chi connectivity index (χ0v) is 20.2. The van der Waals surface area contributed by atoms with Crippen molar-refractivity contribution in [2.45, 2.75) is 12.1 Å². The molecule has 3 aromatic carbocycles. The van der Waals surface area contributed by atoms with E-state index in [-0.39, 0.29) is 22.7 Å². The Bertz CT molecular complexity index is 1380. The number of para-hydroxylation sites is 1. The number of carbonyl (C=O) groups is 2. The first-order valence-corrected chi connectivity index (χ1v) is 11.3. The molecule has 37 heavy (non-hydrogen) atoms. The van der Waals surface area contributed by atoms with E-state index in [1.54, 1.807) is 54.6 Å². The number of nitro benzene ring substituents is 1. The van der Waals surface area contributed by atoms with Crippen molar-refractivity contribution < 1.29 is 33.6 Å². The Balaban J connectivity index is 1.68. The number of carbonyl (C=O) groups excluding carboxylic acids is 2. The number of fused-ring (bicyclic) bond motifs is 1. The number of methoxy groups -OCH3 is 3. The molecule has 11 nitrogen and oxygen atoms in total. The Morgan fingerprint density at radius 1 is 0.838 bits per heavy atom. The van der Waals surface area contributed by atoms with E-state index in [1.807, 2.05) is 0 Å². The van der Waals surface area contributed by atoms with Crippen LogP contribution in [-0.4, -0.2) is 44.2 Å². The maximum atomic E-state index is 13.8. The second-order valence-corrected chi connectivity index (χ2v) is 8.39. The van der Waals surface area contributed by atoms with Gasteiger partial charge in [-0.3, -0.25) is 24.5 Å². The third-order valence-electron chi connectivity index (χ3n) is 6.49. The Hall–Kier alpha value is -4.64. The van der Waals surface area contributed by atoms with Gasteiger partial charge < -0.3 is 14.2 Å². The summed E-state index contributed by atoms with van der Waals surface area (Å²) in [4.78, 5) is 46.1. The van der Waals surface area contributed by atoms with Crippen LogP contribution in [0.25, 0.3) is 0 Å². The normalized spacial score (nSPS) is 20.7. The molecule has 2 amide bonds. The number of rotatable bonds is 7. The first-order chi connectivity index (χ1) is 17.9. The number of amides is 2. The molecule has 0 aromatic heterocycles. The molecule has 0 aliphatic carbocycles. The van der Waals surface area contributed by atoms with Crippen LogP contribution in [0.4, 0.5) is 17.1 Å². The Morgan fingerprint density at radius 3 is 2.16 bits per heavy atom. The molecule has 2 fully saturated rings. The molecule has 190 valence electrons. The predicted octanol–water partition coefficient (Wildman–Crippen LogP) is 3.67. The van der Waals surface area contributed by atoms with Crippen LogP contribution in [0.1, 0.15) is 11.6 Å². The number of benzene rings is 3. The molecular formula is C26H23N3O8. The highest BCUT2D eigenvalue weighted by molar-refractivity contribution is 6.24. The molecule has 3 unspecified atom stereocenters. The fourth-order valence-corrected chi connectivity index (χ4v) is 4.81. The third kappa shape index (κ3) is 3.89. The lowest BCUT2D eigenvalue weighted by atomic mass is 9.89. The summed E-state index contributed by atoms with van der Waals surface area (Å²) >= 11 is 0. The summed E-state index contributed by atoms with van der Waals surface area (Å²) in [5.41, 5.74) is 0.694. The molecule has 3 aromatic rings. The summed E-state index contributed by atoms with van der Waals surface area (Å²) in [5.74, 6) is -1.33. The van der Waals surface area contributed by atoms with Gasteiger partial charge in [0.05, 0.1) is 49.3 Å². The molecule has 0 bridgehead atoms. The summed E-state index contributed by atoms with van der Waals surface area (Å²) in [5, 5.41) is 13.5. The zero-order valence-electron chi connectivity index (χ0n) is 20.2. The SMILES string of the molecule is COc1cccc(N2C(=O)C3ON(c4ccccc4)C(c4cc(OC)c(OC)cc4[N+](=O)[O-])C3C2=O)c1. The van der Waals surface area contributed by atoms with Gasteiger partial charge in [0.25, 0.3) is 11.6 Å². The molecule has 2 aliphatic heterocycles. The summed E-state index contributed by atoms with van der Waals surface area (Å²) in [7, 11) is 4.26. The van der Waals surface area contributed by atoms with Crippen LogP contribution in [0.15, 0.2) is 66.7 Å². The van der Waals surface area contributed by atoms with Crippen molar-refractivity contribution in [3.8, 4) is 17.2 Å². The van der Waals surface area contributed by atoms with Gasteiger partial charge in [-0.2, -0.15) is 0 Å². The summed E-state index contributed by atoms with van der Waals surface area (Å²) in [6.07, 6.45) is -1.20. The molecule has 5 rings (SSSR count). The van der Waals surface area contributed by atoms with Gasteiger partial charge in [-0.1, -0.05) is 24.3 Å². The van der Waals surface area contributed by atoms with Gasteiger partial charge in [0.1, 0.15) is 17.7 Å². The second kappa shape index (κ2) is 9.43. The number of hydrogen-bond donors (Lipinski definition) is 0. The van der Waals surface area contributed by atoms with Crippen LogP contribution in [0.5, 0.6) is 17.2 Å². The average Bonchev–Trinajstić information content (AvgIpc) is 3.43. The highest BCUT2D eigenvalue weighted by atomic mass is 16.7. The van der Waals surface area contributed by atoms with Crippen LogP contribution in [0.3, 0.4) is 0 Å². The number of imide groups is 1. The largest absolute Gasteiger partial charge is 0.497 e. The lowest BCUT2D eigenvalue weighted by molar-refractivity contribution is -0.385. The Morgan fingerprint density at radius 2 is 1.51 bits per heavy atom. The number of hydrogen-bond acceptors (Lipinski definition) is 9. The van der Waals surface area contributed by atoms with Gasteiger partial charge in [-0.05, 0) is 30.3 Å². The van der Waals surface area contributed by atoms with Gasteiger partial charge in [0.2, 0.25) is 5.91 Å². The lowest BCUT2D eigenvalue weighted by Crippen LogP contribution is -2.37. The molecule has 0 radical (unpaired) electrons. The fourth-order valence-electron chi connectivity index (χ4n) is 4.81. The van der Waals surface area contributed by atoms with Crippen LogP contribution in [0.2, 0.25) is 0 Å². The standard InChI is InChI=1S/C26H23N3O8/c1-34-17-11-7-10-16(12-17)27-25(30)22-23(18-13-20(35-2)21(36-3)14-19(18)29(32)33)28(37-24(22)26(27)31)15-8-5-4-6-9-15/h4-14,22-24H,1-3H3. The van der Waals surface area contributed by atoms with Crippen molar-refractivity contribution in [3.63, 3.8) is 0 Å². The van der Waals surface area contributed by atoms with Crippen LogP contribution < -0.4 is 24.2 Å². The Kier molecular flexibility index (Phi) is 6.14. The van der Waals surface area contributed by atoms with Crippen molar-refractivity contribution in [2.75, 3.05) is 31.3 Å². The van der Waals surface area contributed by atoms with E-state index in [1.165, 1.54) is 38.5 Å². The molecule has 2 heterocycles.